The van der Waals surface area contributed by atoms with Gasteiger partial charge in [0.15, 0.2) is 5.96 Å². The number of nitrogens with zero attached hydrogens (tertiary/aromatic N) is 2. The van der Waals surface area contributed by atoms with Crippen molar-refractivity contribution in [1.82, 2.24) is 15.8 Å². The number of hydrogen-bond acceptors (Lipinski definition) is 3. The summed E-state index contributed by atoms with van der Waals surface area (Å²) in [5, 5.41) is 10.7. The second-order valence-electron chi connectivity index (χ2n) is 6.29. The maximum absolute atomic E-state index is 4.85. The SMILES string of the molecule is CCNC(=NCc1ccon1)NC(C)c1ccc2c(c1)CCCC2.I. The van der Waals surface area contributed by atoms with E-state index in [-0.39, 0.29) is 30.0 Å². The number of halogens is 1. The highest BCUT2D eigenvalue weighted by atomic mass is 127. The summed E-state index contributed by atoms with van der Waals surface area (Å²) in [5.41, 5.74) is 5.16. The van der Waals surface area contributed by atoms with Gasteiger partial charge in [0, 0.05) is 12.6 Å². The van der Waals surface area contributed by atoms with E-state index in [1.54, 1.807) is 6.26 Å². The summed E-state index contributed by atoms with van der Waals surface area (Å²) >= 11 is 0. The molecule has 1 unspecified atom stereocenters. The van der Waals surface area contributed by atoms with Gasteiger partial charge in [-0.05, 0) is 56.2 Å². The molecule has 0 bridgehead atoms. The number of hydrogen-bond donors (Lipinski definition) is 2. The molecule has 0 amide bonds. The Morgan fingerprint density at radius 2 is 2.04 bits per heavy atom. The minimum Gasteiger partial charge on any atom is -0.364 e. The van der Waals surface area contributed by atoms with Crippen LogP contribution in [-0.2, 0) is 19.4 Å². The van der Waals surface area contributed by atoms with Crippen LogP contribution in [0.3, 0.4) is 0 Å². The molecule has 0 saturated carbocycles. The van der Waals surface area contributed by atoms with Crippen LogP contribution in [0, 0.1) is 0 Å². The van der Waals surface area contributed by atoms with Gasteiger partial charge in [0.2, 0.25) is 0 Å². The van der Waals surface area contributed by atoms with E-state index in [2.05, 4.69) is 52.8 Å². The fourth-order valence-corrected chi connectivity index (χ4v) is 3.11. The molecule has 1 aromatic heterocycles. The standard InChI is InChI=1S/C19H26N4O.HI/c1-3-20-19(21-13-18-10-11-24-23-18)22-14(2)16-9-8-15-6-4-5-7-17(15)12-16;/h8-12,14H,3-7,13H2,1-2H3,(H2,20,21,22);1H. The molecule has 1 aliphatic carbocycles. The van der Waals surface area contributed by atoms with Crippen molar-refractivity contribution in [3.05, 3.63) is 52.9 Å². The van der Waals surface area contributed by atoms with Crippen molar-refractivity contribution in [2.24, 2.45) is 4.99 Å². The molecule has 2 aromatic rings. The largest absolute Gasteiger partial charge is 0.364 e. The molecular formula is C19H27IN4O. The van der Waals surface area contributed by atoms with Gasteiger partial charge in [-0.25, -0.2) is 4.99 Å². The molecule has 6 heteroatoms. The number of aryl methyl sites for hydroxylation is 2. The predicted molar refractivity (Wildman–Crippen MR) is 111 cm³/mol. The van der Waals surface area contributed by atoms with Crippen LogP contribution in [0.15, 0.2) is 40.0 Å². The number of nitrogens with one attached hydrogen (secondary N) is 2. The Bertz CT molecular complexity index is 685. The van der Waals surface area contributed by atoms with Gasteiger partial charge in [-0.1, -0.05) is 23.4 Å². The van der Waals surface area contributed by atoms with Crippen LogP contribution in [0.25, 0.3) is 0 Å². The summed E-state index contributed by atoms with van der Waals surface area (Å²) in [6.07, 6.45) is 6.62. The summed E-state index contributed by atoms with van der Waals surface area (Å²) in [4.78, 5) is 4.58. The predicted octanol–water partition coefficient (Wildman–Crippen LogP) is 3.99. The van der Waals surface area contributed by atoms with E-state index in [1.165, 1.54) is 42.4 Å². The monoisotopic (exact) mass is 454 g/mol. The van der Waals surface area contributed by atoms with Crippen molar-refractivity contribution in [2.75, 3.05) is 6.54 Å². The molecule has 0 spiro atoms. The van der Waals surface area contributed by atoms with Crippen molar-refractivity contribution in [2.45, 2.75) is 52.1 Å². The Balaban J connectivity index is 0.00000225. The van der Waals surface area contributed by atoms with E-state index in [4.69, 9.17) is 4.52 Å². The number of fused-ring (bicyclic) bond motifs is 1. The average molecular weight is 454 g/mol. The number of guanidine groups is 1. The fraction of sp³-hybridized carbons (Fsp3) is 0.474. The average Bonchev–Trinajstić information content (AvgIpc) is 3.13. The number of benzene rings is 1. The molecule has 25 heavy (non-hydrogen) atoms. The Morgan fingerprint density at radius 3 is 2.76 bits per heavy atom. The van der Waals surface area contributed by atoms with Crippen LogP contribution in [0.4, 0.5) is 0 Å². The quantitative estimate of drug-likeness (QED) is 0.408. The van der Waals surface area contributed by atoms with Gasteiger partial charge in [0.1, 0.15) is 12.0 Å². The highest BCUT2D eigenvalue weighted by molar-refractivity contribution is 14.0. The summed E-state index contributed by atoms with van der Waals surface area (Å²) in [6.45, 7) is 5.56. The van der Waals surface area contributed by atoms with E-state index in [9.17, 15) is 0 Å². The molecule has 3 rings (SSSR count). The smallest absolute Gasteiger partial charge is 0.192 e. The Hall–Kier alpha value is -1.57. The van der Waals surface area contributed by atoms with Crippen LogP contribution >= 0.6 is 24.0 Å². The zero-order valence-corrected chi connectivity index (χ0v) is 17.2. The first-order chi connectivity index (χ1) is 11.8. The molecule has 1 heterocycles. The second kappa shape index (κ2) is 9.79. The first kappa shape index (κ1) is 19.8. The van der Waals surface area contributed by atoms with Gasteiger partial charge < -0.3 is 15.2 Å². The van der Waals surface area contributed by atoms with Gasteiger partial charge in [-0.3, -0.25) is 0 Å². The summed E-state index contributed by atoms with van der Waals surface area (Å²) in [7, 11) is 0. The van der Waals surface area contributed by atoms with Gasteiger partial charge in [0.25, 0.3) is 0 Å². The van der Waals surface area contributed by atoms with Crippen LogP contribution in [0.1, 0.15) is 55.1 Å². The first-order valence-corrected chi connectivity index (χ1v) is 8.82. The fourth-order valence-electron chi connectivity index (χ4n) is 3.11. The molecular weight excluding hydrogens is 427 g/mol. The molecule has 136 valence electrons. The van der Waals surface area contributed by atoms with Gasteiger partial charge in [0.05, 0.1) is 12.6 Å². The van der Waals surface area contributed by atoms with Gasteiger partial charge >= 0.3 is 0 Å². The zero-order chi connectivity index (χ0) is 16.8. The van der Waals surface area contributed by atoms with E-state index < -0.39 is 0 Å². The molecule has 1 atom stereocenters. The third kappa shape index (κ3) is 5.45. The summed E-state index contributed by atoms with van der Waals surface area (Å²) in [6, 6.07) is 8.92. The van der Waals surface area contributed by atoms with E-state index in [0.29, 0.717) is 6.54 Å². The maximum Gasteiger partial charge on any atom is 0.192 e. The number of aliphatic imine (C=N–C) groups is 1. The lowest BCUT2D eigenvalue weighted by molar-refractivity contribution is 0.412. The van der Waals surface area contributed by atoms with E-state index in [0.717, 1.165) is 18.2 Å². The first-order valence-electron chi connectivity index (χ1n) is 8.82. The zero-order valence-electron chi connectivity index (χ0n) is 14.9. The molecule has 1 aliphatic rings. The van der Waals surface area contributed by atoms with Crippen LogP contribution in [-0.4, -0.2) is 17.7 Å². The normalized spacial score (nSPS) is 15.0. The Labute approximate surface area is 166 Å². The lowest BCUT2D eigenvalue weighted by Gasteiger charge is -2.21. The van der Waals surface area contributed by atoms with Gasteiger partial charge in [-0.15, -0.1) is 24.0 Å². The highest BCUT2D eigenvalue weighted by Gasteiger charge is 2.13. The third-order valence-electron chi connectivity index (χ3n) is 4.46. The van der Waals surface area contributed by atoms with Crippen LogP contribution in [0.2, 0.25) is 0 Å². The lowest BCUT2D eigenvalue weighted by atomic mass is 9.89. The number of aromatic nitrogens is 1. The Morgan fingerprint density at radius 1 is 1.24 bits per heavy atom. The van der Waals surface area contributed by atoms with Crippen LogP contribution < -0.4 is 10.6 Å². The molecule has 0 fully saturated rings. The van der Waals surface area contributed by atoms with Crippen molar-refractivity contribution in [1.29, 1.82) is 0 Å². The highest BCUT2D eigenvalue weighted by Crippen LogP contribution is 2.24. The Kier molecular flexibility index (Phi) is 7.74. The molecule has 2 N–H and O–H groups in total. The van der Waals surface area contributed by atoms with Crippen molar-refractivity contribution >= 4 is 29.9 Å². The second-order valence-corrected chi connectivity index (χ2v) is 6.29. The minimum absolute atomic E-state index is 0. The lowest BCUT2D eigenvalue weighted by Crippen LogP contribution is -2.38. The van der Waals surface area contributed by atoms with Crippen molar-refractivity contribution in [3.8, 4) is 0 Å². The molecule has 1 aromatic carbocycles. The third-order valence-corrected chi connectivity index (χ3v) is 4.46. The summed E-state index contributed by atoms with van der Waals surface area (Å²) < 4.78 is 4.85. The molecule has 0 saturated heterocycles. The van der Waals surface area contributed by atoms with Crippen molar-refractivity contribution in [3.63, 3.8) is 0 Å². The molecule has 5 nitrogen and oxygen atoms in total. The minimum atomic E-state index is 0. The topological polar surface area (TPSA) is 62.5 Å². The van der Waals surface area contributed by atoms with E-state index in [1.807, 2.05) is 6.07 Å². The van der Waals surface area contributed by atoms with Crippen molar-refractivity contribution < 1.29 is 4.52 Å². The van der Waals surface area contributed by atoms with Crippen LogP contribution in [0.5, 0.6) is 0 Å². The summed E-state index contributed by atoms with van der Waals surface area (Å²) in [5.74, 6) is 0.797. The maximum atomic E-state index is 4.85. The van der Waals surface area contributed by atoms with E-state index >= 15 is 0 Å². The molecule has 0 radical (unpaired) electrons. The molecule has 0 aliphatic heterocycles. The van der Waals surface area contributed by atoms with Gasteiger partial charge in [-0.2, -0.15) is 0 Å². The number of rotatable bonds is 5.